The molecule has 2 aromatic rings. The SMILES string of the molecule is CO[NH2+]c1cccc(C(=O)Nc2c(Cl)cc(C(=O)C(F)(F)F)cc2Cl)c1F. The number of Topliss-reactive ketones (excluding diaryl/α,β-unsaturated/α-hetero) is 1. The van der Waals surface area contributed by atoms with Crippen molar-refractivity contribution in [3.8, 4) is 0 Å². The topological polar surface area (TPSA) is 72.0 Å². The molecule has 0 bridgehead atoms. The number of ketones is 1. The lowest BCUT2D eigenvalue weighted by molar-refractivity contribution is -0.831. The number of benzene rings is 2. The molecule has 0 heterocycles. The van der Waals surface area contributed by atoms with E-state index < -0.39 is 39.3 Å². The highest BCUT2D eigenvalue weighted by molar-refractivity contribution is 6.40. The van der Waals surface area contributed by atoms with Crippen molar-refractivity contribution >= 4 is 46.3 Å². The normalized spacial score (nSPS) is 11.4. The highest BCUT2D eigenvalue weighted by Crippen LogP contribution is 2.34. The summed E-state index contributed by atoms with van der Waals surface area (Å²) in [5.41, 5.74) is -0.332. The predicted octanol–water partition coefficient (Wildman–Crippen LogP) is 3.89. The molecule has 0 aliphatic rings. The van der Waals surface area contributed by atoms with E-state index in [0.717, 1.165) is 5.48 Å². The van der Waals surface area contributed by atoms with E-state index in [-0.39, 0.29) is 16.9 Å². The van der Waals surface area contributed by atoms with Crippen molar-refractivity contribution in [2.45, 2.75) is 6.18 Å². The molecule has 1 amide bonds. The molecule has 0 radical (unpaired) electrons. The number of carbonyl (C=O) groups excluding carboxylic acids is 2. The maximum atomic E-state index is 14.3. The second-order valence-electron chi connectivity index (χ2n) is 5.16. The zero-order chi connectivity index (χ0) is 20.4. The third-order valence-corrected chi connectivity index (χ3v) is 3.91. The molecule has 0 aliphatic carbocycles. The smallest absolute Gasteiger partial charge is 0.319 e. The van der Waals surface area contributed by atoms with Gasteiger partial charge in [0.25, 0.3) is 11.7 Å². The Hall–Kier alpha value is -2.20. The molecule has 0 fully saturated rings. The monoisotopic (exact) mass is 425 g/mol. The number of amides is 1. The van der Waals surface area contributed by atoms with Crippen LogP contribution in [0.4, 0.5) is 28.9 Å². The van der Waals surface area contributed by atoms with Gasteiger partial charge in [-0.05, 0) is 18.2 Å². The second kappa shape index (κ2) is 8.22. The minimum absolute atomic E-state index is 0.00784. The highest BCUT2D eigenvalue weighted by Gasteiger charge is 2.39. The van der Waals surface area contributed by atoms with Gasteiger partial charge in [0.15, 0.2) is 11.5 Å². The Morgan fingerprint density at radius 2 is 1.74 bits per heavy atom. The summed E-state index contributed by atoms with van der Waals surface area (Å²) in [5.74, 6) is -3.97. The maximum Gasteiger partial charge on any atom is 0.454 e. The number of alkyl halides is 3. The number of rotatable bonds is 5. The molecule has 3 N–H and O–H groups in total. The molecule has 144 valence electrons. The standard InChI is InChI=1S/C16H10Cl2F4N2O3/c1-27-24-11-4-2-3-8(12(11)19)15(26)23-13-9(17)5-7(6-10(13)18)14(25)16(20,21)22/h2-6,24H,1H3,(H,23,26)/p+1. The fraction of sp³-hybridized carbons (Fsp3) is 0.125. The van der Waals surface area contributed by atoms with Gasteiger partial charge in [-0.25, -0.2) is 4.84 Å². The minimum atomic E-state index is -5.11. The van der Waals surface area contributed by atoms with E-state index in [4.69, 9.17) is 28.0 Å². The van der Waals surface area contributed by atoms with Crippen LogP contribution in [0.25, 0.3) is 0 Å². The van der Waals surface area contributed by atoms with Gasteiger partial charge in [0.1, 0.15) is 0 Å². The van der Waals surface area contributed by atoms with Crippen molar-refractivity contribution in [2.24, 2.45) is 0 Å². The number of carbonyl (C=O) groups is 2. The number of anilines is 1. The van der Waals surface area contributed by atoms with Gasteiger partial charge in [-0.15, -0.1) is 0 Å². The molecule has 0 saturated heterocycles. The van der Waals surface area contributed by atoms with E-state index in [2.05, 4.69) is 5.32 Å². The highest BCUT2D eigenvalue weighted by atomic mass is 35.5. The molecule has 0 aromatic heterocycles. The van der Waals surface area contributed by atoms with Crippen LogP contribution in [0.1, 0.15) is 20.7 Å². The Kier molecular flexibility index (Phi) is 6.42. The summed E-state index contributed by atoms with van der Waals surface area (Å²) in [6.07, 6.45) is -5.11. The van der Waals surface area contributed by atoms with Gasteiger partial charge in [0, 0.05) is 11.6 Å². The molecular weight excluding hydrogens is 415 g/mol. The Balaban J connectivity index is 2.34. The first-order valence-corrected chi connectivity index (χ1v) is 7.88. The Labute approximate surface area is 160 Å². The molecule has 2 rings (SSSR count). The first-order valence-electron chi connectivity index (χ1n) is 7.12. The fourth-order valence-electron chi connectivity index (χ4n) is 2.11. The first-order chi connectivity index (χ1) is 12.6. The average Bonchev–Trinajstić information content (AvgIpc) is 2.58. The van der Waals surface area contributed by atoms with Gasteiger partial charge in [-0.1, -0.05) is 29.3 Å². The summed E-state index contributed by atoms with van der Waals surface area (Å²) < 4.78 is 51.9. The van der Waals surface area contributed by atoms with Crippen LogP contribution in [-0.2, 0) is 4.84 Å². The van der Waals surface area contributed by atoms with Gasteiger partial charge >= 0.3 is 6.18 Å². The fourth-order valence-corrected chi connectivity index (χ4v) is 2.69. The van der Waals surface area contributed by atoms with E-state index in [1.807, 2.05) is 0 Å². The molecule has 5 nitrogen and oxygen atoms in total. The number of nitrogens with one attached hydrogen (secondary N) is 1. The van der Waals surface area contributed by atoms with Crippen molar-refractivity contribution in [2.75, 3.05) is 12.4 Å². The van der Waals surface area contributed by atoms with Crippen LogP contribution in [0.3, 0.4) is 0 Å². The van der Waals surface area contributed by atoms with E-state index in [9.17, 15) is 27.2 Å². The summed E-state index contributed by atoms with van der Waals surface area (Å²) in [6.45, 7) is 0. The van der Waals surface area contributed by atoms with Crippen molar-refractivity contribution in [1.82, 2.24) is 0 Å². The molecule has 0 unspecified atom stereocenters. The van der Waals surface area contributed by atoms with Crippen molar-refractivity contribution in [1.29, 1.82) is 0 Å². The summed E-state index contributed by atoms with van der Waals surface area (Å²) in [6, 6.07) is 5.37. The van der Waals surface area contributed by atoms with Crippen molar-refractivity contribution in [3.63, 3.8) is 0 Å². The molecule has 11 heteroatoms. The molecule has 2 aromatic carbocycles. The number of hydrogen-bond acceptors (Lipinski definition) is 3. The van der Waals surface area contributed by atoms with Crippen LogP contribution >= 0.6 is 23.2 Å². The van der Waals surface area contributed by atoms with Crippen molar-refractivity contribution < 1.29 is 37.5 Å². The van der Waals surface area contributed by atoms with Crippen LogP contribution in [0.15, 0.2) is 30.3 Å². The number of halogens is 6. The van der Waals surface area contributed by atoms with Gasteiger partial charge in [-0.2, -0.15) is 23.0 Å². The quantitative estimate of drug-likeness (QED) is 0.330. The van der Waals surface area contributed by atoms with Crippen LogP contribution in [0.2, 0.25) is 10.0 Å². The first kappa shape index (κ1) is 21.1. The Morgan fingerprint density at radius 3 is 2.26 bits per heavy atom. The van der Waals surface area contributed by atoms with Gasteiger partial charge in [0.05, 0.1) is 28.4 Å². The molecule has 0 spiro atoms. The van der Waals surface area contributed by atoms with Crippen LogP contribution in [0, 0.1) is 5.82 Å². The van der Waals surface area contributed by atoms with Crippen molar-refractivity contribution in [3.05, 3.63) is 57.3 Å². The van der Waals surface area contributed by atoms with Gasteiger partial charge < -0.3 is 5.32 Å². The number of hydrogen-bond donors (Lipinski definition) is 2. The molecule has 0 saturated carbocycles. The zero-order valence-electron chi connectivity index (χ0n) is 13.5. The number of quaternary nitrogens is 1. The summed E-state index contributed by atoms with van der Waals surface area (Å²) in [4.78, 5) is 28.3. The van der Waals surface area contributed by atoms with Crippen LogP contribution < -0.4 is 10.8 Å². The summed E-state index contributed by atoms with van der Waals surface area (Å²) in [7, 11) is 1.30. The van der Waals surface area contributed by atoms with Gasteiger partial charge in [0.2, 0.25) is 0 Å². The lowest BCUT2D eigenvalue weighted by atomic mass is 10.1. The van der Waals surface area contributed by atoms with E-state index in [0.29, 0.717) is 12.1 Å². The van der Waals surface area contributed by atoms with Crippen LogP contribution in [-0.4, -0.2) is 25.0 Å². The average molecular weight is 426 g/mol. The third kappa shape index (κ3) is 4.75. The van der Waals surface area contributed by atoms with Crippen LogP contribution in [0.5, 0.6) is 0 Å². The van der Waals surface area contributed by atoms with E-state index in [1.165, 1.54) is 25.3 Å². The maximum absolute atomic E-state index is 14.3. The Morgan fingerprint density at radius 1 is 1.15 bits per heavy atom. The molecule has 0 aliphatic heterocycles. The molecular formula is C16H11Cl2F4N2O3+. The number of nitrogens with two attached hydrogens (primary N) is 1. The lowest BCUT2D eigenvalue weighted by Gasteiger charge is -2.12. The summed E-state index contributed by atoms with van der Waals surface area (Å²) in [5, 5.41) is 1.39. The molecule has 27 heavy (non-hydrogen) atoms. The predicted molar refractivity (Wildman–Crippen MR) is 89.8 cm³/mol. The Bertz CT molecular complexity index is 881. The van der Waals surface area contributed by atoms with Gasteiger partial charge in [-0.3, -0.25) is 9.59 Å². The largest absolute Gasteiger partial charge is 0.454 e. The third-order valence-electron chi connectivity index (χ3n) is 3.32. The van der Waals surface area contributed by atoms with E-state index in [1.54, 1.807) is 0 Å². The summed E-state index contributed by atoms with van der Waals surface area (Å²) >= 11 is 11.7. The lowest BCUT2D eigenvalue weighted by Crippen LogP contribution is -2.76. The minimum Gasteiger partial charge on any atom is -0.319 e. The second-order valence-corrected chi connectivity index (χ2v) is 5.97. The molecule has 0 atom stereocenters. The zero-order valence-corrected chi connectivity index (χ0v) is 15.0. The van der Waals surface area contributed by atoms with E-state index >= 15 is 0 Å².